The Bertz CT molecular complexity index is 387. The summed E-state index contributed by atoms with van der Waals surface area (Å²) in [4.78, 5) is 13.1. The summed E-state index contributed by atoms with van der Waals surface area (Å²) < 4.78 is 5.37. The standard InChI is InChI=1S/C13H22N4O/c1-3-10(18-2)12-15-11(16-13(14)17-12)9-7-5-4-6-8-9/h9-10H,3-8H2,1-2H3,(H2,14,15,16,17). The molecular formula is C13H22N4O. The molecule has 2 rings (SSSR count). The second-order valence-electron chi connectivity index (χ2n) is 4.88. The molecule has 2 N–H and O–H groups in total. The maximum absolute atomic E-state index is 5.80. The summed E-state index contributed by atoms with van der Waals surface area (Å²) in [7, 11) is 1.68. The van der Waals surface area contributed by atoms with E-state index in [4.69, 9.17) is 10.5 Å². The summed E-state index contributed by atoms with van der Waals surface area (Å²) in [6, 6.07) is 0. The van der Waals surface area contributed by atoms with Gasteiger partial charge in [-0.25, -0.2) is 4.98 Å². The first-order valence-electron chi connectivity index (χ1n) is 6.78. The van der Waals surface area contributed by atoms with Crippen molar-refractivity contribution >= 4 is 5.95 Å². The minimum atomic E-state index is -0.0855. The topological polar surface area (TPSA) is 73.9 Å². The van der Waals surface area contributed by atoms with Crippen LogP contribution in [0.5, 0.6) is 0 Å². The smallest absolute Gasteiger partial charge is 0.223 e. The summed E-state index contributed by atoms with van der Waals surface area (Å²) in [6.45, 7) is 2.05. The highest BCUT2D eigenvalue weighted by molar-refractivity contribution is 5.18. The van der Waals surface area contributed by atoms with Gasteiger partial charge in [-0.15, -0.1) is 0 Å². The highest BCUT2D eigenvalue weighted by Crippen LogP contribution is 2.31. The quantitative estimate of drug-likeness (QED) is 0.889. The fraction of sp³-hybridized carbons (Fsp3) is 0.769. The van der Waals surface area contributed by atoms with Crippen LogP contribution in [0.4, 0.5) is 5.95 Å². The Balaban J connectivity index is 2.24. The van der Waals surface area contributed by atoms with Gasteiger partial charge in [0.15, 0.2) is 5.82 Å². The van der Waals surface area contributed by atoms with Gasteiger partial charge in [-0.1, -0.05) is 26.2 Å². The number of anilines is 1. The number of ether oxygens (including phenoxy) is 1. The van der Waals surface area contributed by atoms with Gasteiger partial charge in [0.05, 0.1) is 0 Å². The molecule has 1 heterocycles. The first-order chi connectivity index (χ1) is 8.74. The lowest BCUT2D eigenvalue weighted by atomic mass is 9.89. The van der Waals surface area contributed by atoms with Crippen molar-refractivity contribution in [1.29, 1.82) is 0 Å². The van der Waals surface area contributed by atoms with E-state index in [1.165, 1.54) is 19.3 Å². The van der Waals surface area contributed by atoms with Crippen LogP contribution >= 0.6 is 0 Å². The molecule has 1 aromatic rings. The van der Waals surface area contributed by atoms with Crippen LogP contribution in [0.3, 0.4) is 0 Å². The maximum Gasteiger partial charge on any atom is 0.223 e. The van der Waals surface area contributed by atoms with Crippen LogP contribution in [0.1, 0.15) is 69.1 Å². The predicted octanol–water partition coefficient (Wildman–Crippen LogP) is 2.60. The van der Waals surface area contributed by atoms with Gasteiger partial charge in [0, 0.05) is 13.0 Å². The molecular weight excluding hydrogens is 228 g/mol. The van der Waals surface area contributed by atoms with E-state index in [2.05, 4.69) is 21.9 Å². The summed E-state index contributed by atoms with van der Waals surface area (Å²) >= 11 is 0. The second kappa shape index (κ2) is 6.09. The number of aromatic nitrogens is 3. The second-order valence-corrected chi connectivity index (χ2v) is 4.88. The largest absolute Gasteiger partial charge is 0.373 e. The molecule has 1 fully saturated rings. The van der Waals surface area contributed by atoms with Crippen molar-refractivity contribution < 1.29 is 4.74 Å². The van der Waals surface area contributed by atoms with E-state index < -0.39 is 0 Å². The maximum atomic E-state index is 5.80. The third-order valence-corrected chi connectivity index (χ3v) is 3.60. The molecule has 5 heteroatoms. The van der Waals surface area contributed by atoms with Crippen molar-refractivity contribution in [2.75, 3.05) is 12.8 Å². The van der Waals surface area contributed by atoms with Gasteiger partial charge in [0.1, 0.15) is 11.9 Å². The van der Waals surface area contributed by atoms with Crippen molar-refractivity contribution in [1.82, 2.24) is 15.0 Å². The molecule has 1 atom stereocenters. The molecule has 1 aliphatic carbocycles. The zero-order valence-electron chi connectivity index (χ0n) is 11.2. The molecule has 1 saturated carbocycles. The molecule has 1 unspecified atom stereocenters. The number of hydrogen-bond acceptors (Lipinski definition) is 5. The fourth-order valence-electron chi connectivity index (χ4n) is 2.57. The average Bonchev–Trinajstić information content (AvgIpc) is 2.40. The molecule has 0 aliphatic heterocycles. The van der Waals surface area contributed by atoms with E-state index >= 15 is 0 Å². The van der Waals surface area contributed by atoms with Gasteiger partial charge in [-0.3, -0.25) is 0 Å². The van der Waals surface area contributed by atoms with Gasteiger partial charge in [-0.2, -0.15) is 9.97 Å². The van der Waals surface area contributed by atoms with E-state index in [9.17, 15) is 0 Å². The van der Waals surface area contributed by atoms with E-state index in [-0.39, 0.29) is 6.10 Å². The molecule has 1 aromatic heterocycles. The Hall–Kier alpha value is -1.23. The van der Waals surface area contributed by atoms with Gasteiger partial charge >= 0.3 is 0 Å². The van der Waals surface area contributed by atoms with Gasteiger partial charge in [-0.05, 0) is 19.3 Å². The predicted molar refractivity (Wildman–Crippen MR) is 70.1 cm³/mol. The Morgan fingerprint density at radius 3 is 2.56 bits per heavy atom. The van der Waals surface area contributed by atoms with Crippen molar-refractivity contribution in [2.24, 2.45) is 0 Å². The normalized spacial score (nSPS) is 18.8. The third-order valence-electron chi connectivity index (χ3n) is 3.60. The van der Waals surface area contributed by atoms with E-state index in [1.807, 2.05) is 0 Å². The summed E-state index contributed by atoms with van der Waals surface area (Å²) in [5.74, 6) is 2.29. The van der Waals surface area contributed by atoms with Crippen LogP contribution in [-0.2, 0) is 4.74 Å². The number of rotatable bonds is 4. The zero-order chi connectivity index (χ0) is 13.0. The molecule has 18 heavy (non-hydrogen) atoms. The molecule has 100 valence electrons. The number of nitrogens with two attached hydrogens (primary N) is 1. The average molecular weight is 250 g/mol. The number of methoxy groups -OCH3 is 1. The minimum Gasteiger partial charge on any atom is -0.373 e. The Morgan fingerprint density at radius 2 is 1.94 bits per heavy atom. The lowest BCUT2D eigenvalue weighted by molar-refractivity contribution is 0.0921. The van der Waals surface area contributed by atoms with Crippen LogP contribution in [0, 0.1) is 0 Å². The lowest BCUT2D eigenvalue weighted by Crippen LogP contribution is -2.16. The first kappa shape index (κ1) is 13.2. The van der Waals surface area contributed by atoms with Crippen molar-refractivity contribution in [3.05, 3.63) is 11.6 Å². The molecule has 0 radical (unpaired) electrons. The number of nitrogens with zero attached hydrogens (tertiary/aromatic N) is 3. The van der Waals surface area contributed by atoms with Crippen LogP contribution in [0.2, 0.25) is 0 Å². The minimum absolute atomic E-state index is 0.0855. The first-order valence-corrected chi connectivity index (χ1v) is 6.78. The highest BCUT2D eigenvalue weighted by Gasteiger charge is 2.21. The van der Waals surface area contributed by atoms with Gasteiger partial charge < -0.3 is 10.5 Å². The third kappa shape index (κ3) is 2.96. The molecule has 0 saturated heterocycles. The molecule has 0 amide bonds. The molecule has 0 bridgehead atoms. The lowest BCUT2D eigenvalue weighted by Gasteiger charge is -2.21. The van der Waals surface area contributed by atoms with E-state index in [1.54, 1.807) is 7.11 Å². The SMILES string of the molecule is CCC(OC)c1nc(N)nc(C2CCCCC2)n1. The van der Waals surface area contributed by atoms with Crippen LogP contribution in [-0.4, -0.2) is 22.1 Å². The molecule has 0 aromatic carbocycles. The van der Waals surface area contributed by atoms with Gasteiger partial charge in [0.2, 0.25) is 5.95 Å². The molecule has 5 nitrogen and oxygen atoms in total. The summed E-state index contributed by atoms with van der Waals surface area (Å²) in [5.41, 5.74) is 5.80. The fourth-order valence-corrected chi connectivity index (χ4v) is 2.57. The van der Waals surface area contributed by atoms with E-state index in [0.29, 0.717) is 17.7 Å². The zero-order valence-corrected chi connectivity index (χ0v) is 11.2. The van der Waals surface area contributed by atoms with Gasteiger partial charge in [0.25, 0.3) is 0 Å². The van der Waals surface area contributed by atoms with Crippen molar-refractivity contribution in [2.45, 2.75) is 57.5 Å². The highest BCUT2D eigenvalue weighted by atomic mass is 16.5. The van der Waals surface area contributed by atoms with Crippen molar-refractivity contribution in [3.63, 3.8) is 0 Å². The Morgan fingerprint density at radius 1 is 1.22 bits per heavy atom. The summed E-state index contributed by atoms with van der Waals surface area (Å²) in [5, 5.41) is 0. The van der Waals surface area contributed by atoms with Crippen LogP contribution < -0.4 is 5.73 Å². The molecule has 0 spiro atoms. The Labute approximate surface area is 108 Å². The van der Waals surface area contributed by atoms with E-state index in [0.717, 1.165) is 25.1 Å². The van der Waals surface area contributed by atoms with Crippen LogP contribution in [0.15, 0.2) is 0 Å². The number of hydrogen-bond donors (Lipinski definition) is 1. The Kier molecular flexibility index (Phi) is 4.47. The number of nitrogen functional groups attached to an aromatic ring is 1. The monoisotopic (exact) mass is 250 g/mol. The summed E-state index contributed by atoms with van der Waals surface area (Å²) in [6.07, 6.45) is 6.90. The van der Waals surface area contributed by atoms with Crippen LogP contribution in [0.25, 0.3) is 0 Å². The van der Waals surface area contributed by atoms with Crippen molar-refractivity contribution in [3.8, 4) is 0 Å². The molecule has 1 aliphatic rings.